The van der Waals surface area contributed by atoms with E-state index in [1.807, 2.05) is 0 Å². The molecule has 1 aromatic rings. The lowest BCUT2D eigenvalue weighted by atomic mass is 10.2. The van der Waals surface area contributed by atoms with Gasteiger partial charge in [0.1, 0.15) is 5.69 Å². The van der Waals surface area contributed by atoms with Gasteiger partial charge in [-0.3, -0.25) is 9.78 Å². The Hall–Kier alpha value is -1.42. The smallest absolute Gasteiger partial charge is 0.270 e. The zero-order valence-electron chi connectivity index (χ0n) is 7.73. The maximum Gasteiger partial charge on any atom is 0.270 e. The Morgan fingerprint density at radius 1 is 1.57 bits per heavy atom. The van der Waals surface area contributed by atoms with Gasteiger partial charge in [0.05, 0.1) is 12.1 Å². The Balaban J connectivity index is 2.03. The fourth-order valence-corrected chi connectivity index (χ4v) is 1.28. The number of pyridine rings is 1. The summed E-state index contributed by atoms with van der Waals surface area (Å²) in [5, 5.41) is 11.8. The molecule has 0 atom stereocenters. The molecule has 1 amide bonds. The number of carbonyl (C=O) groups is 1. The summed E-state index contributed by atoms with van der Waals surface area (Å²) < 4.78 is 0. The Morgan fingerprint density at radius 3 is 2.86 bits per heavy atom. The first-order valence-electron chi connectivity index (χ1n) is 4.60. The Kier molecular flexibility index (Phi) is 2.21. The van der Waals surface area contributed by atoms with E-state index in [1.54, 1.807) is 24.4 Å². The van der Waals surface area contributed by atoms with Gasteiger partial charge >= 0.3 is 0 Å². The second-order valence-corrected chi connectivity index (χ2v) is 3.61. The lowest BCUT2D eigenvalue weighted by Crippen LogP contribution is -2.39. The van der Waals surface area contributed by atoms with Gasteiger partial charge in [-0.25, -0.2) is 0 Å². The second kappa shape index (κ2) is 3.38. The van der Waals surface area contributed by atoms with Crippen molar-refractivity contribution in [3.63, 3.8) is 0 Å². The third-order valence-corrected chi connectivity index (χ3v) is 2.43. The van der Waals surface area contributed by atoms with Crippen molar-refractivity contribution in [1.29, 1.82) is 0 Å². The van der Waals surface area contributed by atoms with Crippen molar-refractivity contribution in [3.8, 4) is 0 Å². The molecule has 2 rings (SSSR count). The lowest BCUT2D eigenvalue weighted by Gasteiger charge is -2.13. The first-order valence-corrected chi connectivity index (χ1v) is 4.60. The van der Waals surface area contributed by atoms with Crippen LogP contribution in [0.1, 0.15) is 23.3 Å². The Morgan fingerprint density at radius 2 is 2.36 bits per heavy atom. The highest BCUT2D eigenvalue weighted by molar-refractivity contribution is 5.92. The van der Waals surface area contributed by atoms with Crippen LogP contribution >= 0.6 is 0 Å². The van der Waals surface area contributed by atoms with E-state index in [4.69, 9.17) is 5.11 Å². The molecular formula is C10H12N2O2. The van der Waals surface area contributed by atoms with Crippen molar-refractivity contribution in [1.82, 2.24) is 10.3 Å². The van der Waals surface area contributed by atoms with E-state index in [2.05, 4.69) is 10.3 Å². The van der Waals surface area contributed by atoms with Gasteiger partial charge in [-0.15, -0.1) is 0 Å². The number of aliphatic hydroxyl groups excluding tert-OH is 1. The Labute approximate surface area is 82.0 Å². The zero-order valence-corrected chi connectivity index (χ0v) is 7.73. The zero-order chi connectivity index (χ0) is 10.0. The summed E-state index contributed by atoms with van der Waals surface area (Å²) in [6.07, 6.45) is 3.28. The molecule has 1 aliphatic rings. The van der Waals surface area contributed by atoms with Crippen molar-refractivity contribution in [3.05, 3.63) is 30.1 Å². The highest BCUT2D eigenvalue weighted by Gasteiger charge is 2.43. The highest BCUT2D eigenvalue weighted by Crippen LogP contribution is 2.34. The number of aromatic nitrogens is 1. The van der Waals surface area contributed by atoms with Gasteiger partial charge < -0.3 is 10.4 Å². The van der Waals surface area contributed by atoms with Crippen LogP contribution in [0.5, 0.6) is 0 Å². The summed E-state index contributed by atoms with van der Waals surface area (Å²) in [7, 11) is 0. The summed E-state index contributed by atoms with van der Waals surface area (Å²) in [5.41, 5.74) is 0.0291. The molecule has 1 saturated carbocycles. The van der Waals surface area contributed by atoms with Gasteiger partial charge in [-0.1, -0.05) is 6.07 Å². The number of hydrogen-bond acceptors (Lipinski definition) is 3. The van der Waals surface area contributed by atoms with Crippen molar-refractivity contribution >= 4 is 5.91 Å². The van der Waals surface area contributed by atoms with E-state index in [0.29, 0.717) is 5.69 Å². The van der Waals surface area contributed by atoms with Crippen LogP contribution < -0.4 is 5.32 Å². The molecule has 0 saturated heterocycles. The summed E-state index contributed by atoms with van der Waals surface area (Å²) >= 11 is 0. The van der Waals surface area contributed by atoms with E-state index < -0.39 is 0 Å². The topological polar surface area (TPSA) is 62.2 Å². The average Bonchev–Trinajstić information content (AvgIpc) is 3.00. The molecule has 1 fully saturated rings. The quantitative estimate of drug-likeness (QED) is 0.725. The number of rotatable bonds is 3. The molecule has 4 heteroatoms. The average molecular weight is 192 g/mol. The summed E-state index contributed by atoms with van der Waals surface area (Å²) in [4.78, 5) is 15.5. The molecular weight excluding hydrogens is 180 g/mol. The lowest BCUT2D eigenvalue weighted by molar-refractivity contribution is 0.0901. The number of hydrogen-bond donors (Lipinski definition) is 2. The fraction of sp³-hybridized carbons (Fsp3) is 0.400. The summed E-state index contributed by atoms with van der Waals surface area (Å²) in [6.45, 7) is 0.00553. The Bertz CT molecular complexity index is 333. The van der Waals surface area contributed by atoms with Gasteiger partial charge in [0, 0.05) is 6.20 Å². The van der Waals surface area contributed by atoms with Gasteiger partial charge in [0.2, 0.25) is 0 Å². The molecule has 0 aliphatic heterocycles. The first kappa shape index (κ1) is 9.15. The SMILES string of the molecule is O=C(NC1(CO)CC1)c1ccccn1. The van der Waals surface area contributed by atoms with Crippen molar-refractivity contribution in [2.24, 2.45) is 0 Å². The van der Waals surface area contributed by atoms with E-state index in [0.717, 1.165) is 12.8 Å². The molecule has 14 heavy (non-hydrogen) atoms. The maximum absolute atomic E-state index is 11.6. The maximum atomic E-state index is 11.6. The minimum Gasteiger partial charge on any atom is -0.394 e. The molecule has 0 bridgehead atoms. The number of nitrogens with one attached hydrogen (secondary N) is 1. The van der Waals surface area contributed by atoms with Crippen LogP contribution in [0.25, 0.3) is 0 Å². The second-order valence-electron chi connectivity index (χ2n) is 3.61. The minimum atomic E-state index is -0.366. The highest BCUT2D eigenvalue weighted by atomic mass is 16.3. The van der Waals surface area contributed by atoms with Crippen LogP contribution in [-0.2, 0) is 0 Å². The van der Waals surface area contributed by atoms with Crippen LogP contribution in [0.15, 0.2) is 24.4 Å². The van der Waals surface area contributed by atoms with Crippen LogP contribution in [0.3, 0.4) is 0 Å². The number of aliphatic hydroxyl groups is 1. The molecule has 74 valence electrons. The van der Waals surface area contributed by atoms with E-state index in [1.165, 1.54) is 0 Å². The third-order valence-electron chi connectivity index (χ3n) is 2.43. The van der Waals surface area contributed by atoms with Gasteiger partial charge in [-0.2, -0.15) is 0 Å². The molecule has 1 heterocycles. The first-order chi connectivity index (χ1) is 6.76. The molecule has 1 aliphatic carbocycles. The van der Waals surface area contributed by atoms with E-state index in [-0.39, 0.29) is 18.1 Å². The largest absolute Gasteiger partial charge is 0.394 e. The molecule has 2 N–H and O–H groups in total. The van der Waals surface area contributed by atoms with E-state index >= 15 is 0 Å². The van der Waals surface area contributed by atoms with Gasteiger partial charge in [0.15, 0.2) is 0 Å². The van der Waals surface area contributed by atoms with Gasteiger partial charge in [-0.05, 0) is 25.0 Å². The molecule has 4 nitrogen and oxygen atoms in total. The molecule has 0 spiro atoms. The number of carbonyl (C=O) groups excluding carboxylic acids is 1. The molecule has 0 aromatic carbocycles. The number of nitrogens with zero attached hydrogens (tertiary/aromatic N) is 1. The standard InChI is InChI=1S/C10H12N2O2/c13-7-10(4-5-10)12-9(14)8-3-1-2-6-11-8/h1-3,6,13H,4-5,7H2,(H,12,14). The predicted molar refractivity (Wildman–Crippen MR) is 50.8 cm³/mol. The van der Waals surface area contributed by atoms with Crippen LogP contribution in [-0.4, -0.2) is 28.1 Å². The normalized spacial score (nSPS) is 17.5. The monoisotopic (exact) mass is 192 g/mol. The summed E-state index contributed by atoms with van der Waals surface area (Å²) in [6, 6.07) is 5.18. The van der Waals surface area contributed by atoms with E-state index in [9.17, 15) is 4.79 Å². The van der Waals surface area contributed by atoms with Gasteiger partial charge in [0.25, 0.3) is 5.91 Å². The van der Waals surface area contributed by atoms with Crippen LogP contribution in [0.4, 0.5) is 0 Å². The fourth-order valence-electron chi connectivity index (χ4n) is 1.28. The third kappa shape index (κ3) is 1.75. The van der Waals surface area contributed by atoms with Crippen molar-refractivity contribution in [2.75, 3.05) is 6.61 Å². The molecule has 0 radical (unpaired) electrons. The minimum absolute atomic E-state index is 0.00553. The molecule has 0 unspecified atom stereocenters. The summed E-state index contributed by atoms with van der Waals surface area (Å²) in [5.74, 6) is -0.211. The number of amides is 1. The van der Waals surface area contributed by atoms with Crippen LogP contribution in [0, 0.1) is 0 Å². The van der Waals surface area contributed by atoms with Crippen molar-refractivity contribution < 1.29 is 9.90 Å². The molecule has 1 aromatic heterocycles. The predicted octanol–water partition coefficient (Wildman–Crippen LogP) is 0.336. The van der Waals surface area contributed by atoms with Crippen LogP contribution in [0.2, 0.25) is 0 Å². The van der Waals surface area contributed by atoms with Crippen molar-refractivity contribution in [2.45, 2.75) is 18.4 Å².